The van der Waals surface area contributed by atoms with Gasteiger partial charge in [0.05, 0.1) is 0 Å². The van der Waals surface area contributed by atoms with E-state index in [-0.39, 0.29) is 31.1 Å². The summed E-state index contributed by atoms with van der Waals surface area (Å²) in [6, 6.07) is 0. The van der Waals surface area contributed by atoms with Crippen LogP contribution in [0.4, 0.5) is 0 Å². The van der Waals surface area contributed by atoms with Crippen molar-refractivity contribution in [3.8, 4) is 0 Å². The summed E-state index contributed by atoms with van der Waals surface area (Å²) in [6.45, 7) is 6.45. The number of unbranched alkanes of at least 4 members (excludes halogenated alkanes) is 23. The van der Waals surface area contributed by atoms with Gasteiger partial charge in [-0.1, -0.05) is 197 Å². The van der Waals surface area contributed by atoms with E-state index in [9.17, 15) is 14.4 Å². The van der Waals surface area contributed by atoms with Crippen LogP contribution in [0.3, 0.4) is 0 Å². The van der Waals surface area contributed by atoms with Crippen molar-refractivity contribution < 1.29 is 28.6 Å². The van der Waals surface area contributed by atoms with Gasteiger partial charge in [-0.2, -0.15) is 0 Å². The van der Waals surface area contributed by atoms with Gasteiger partial charge in [-0.3, -0.25) is 14.4 Å². The molecule has 0 radical (unpaired) electrons. The molecule has 0 heterocycles. The fourth-order valence-electron chi connectivity index (χ4n) is 6.48. The lowest BCUT2D eigenvalue weighted by atomic mass is 10.1. The van der Waals surface area contributed by atoms with Crippen LogP contribution in [0.5, 0.6) is 0 Å². The smallest absolute Gasteiger partial charge is 0.306 e. The third kappa shape index (κ3) is 44.1. The lowest BCUT2D eigenvalue weighted by molar-refractivity contribution is -0.167. The first-order valence-corrected chi connectivity index (χ1v) is 23.8. The highest BCUT2D eigenvalue weighted by molar-refractivity contribution is 5.71. The Balaban J connectivity index is 4.38. The average molecular weight is 797 g/mol. The molecular formula is C51H88O6. The predicted octanol–water partition coefficient (Wildman–Crippen LogP) is 15.3. The summed E-state index contributed by atoms with van der Waals surface area (Å²) < 4.78 is 16.7. The molecule has 57 heavy (non-hydrogen) atoms. The Kier molecular flexibility index (Phi) is 43.5. The van der Waals surface area contributed by atoms with Crippen molar-refractivity contribution in [1.82, 2.24) is 0 Å². The Morgan fingerprint density at radius 3 is 1.19 bits per heavy atom. The molecule has 0 aliphatic heterocycles. The largest absolute Gasteiger partial charge is 0.462 e. The van der Waals surface area contributed by atoms with Crippen molar-refractivity contribution in [2.45, 2.75) is 232 Å². The van der Waals surface area contributed by atoms with Crippen LogP contribution in [0.15, 0.2) is 60.8 Å². The molecule has 0 rings (SSSR count). The van der Waals surface area contributed by atoms with Gasteiger partial charge in [-0.25, -0.2) is 0 Å². The molecule has 0 N–H and O–H groups in total. The van der Waals surface area contributed by atoms with Gasteiger partial charge in [0.1, 0.15) is 13.2 Å². The molecule has 0 aliphatic rings. The summed E-state index contributed by atoms with van der Waals surface area (Å²) in [7, 11) is 0. The highest BCUT2D eigenvalue weighted by Gasteiger charge is 2.19. The fourth-order valence-corrected chi connectivity index (χ4v) is 6.48. The maximum Gasteiger partial charge on any atom is 0.306 e. The zero-order valence-electron chi connectivity index (χ0n) is 37.3. The van der Waals surface area contributed by atoms with Crippen LogP contribution in [0.1, 0.15) is 226 Å². The first kappa shape index (κ1) is 54.1. The van der Waals surface area contributed by atoms with Crippen molar-refractivity contribution in [3.63, 3.8) is 0 Å². The maximum absolute atomic E-state index is 12.7. The molecular weight excluding hydrogens is 709 g/mol. The van der Waals surface area contributed by atoms with E-state index in [1.54, 1.807) is 0 Å². The third-order valence-corrected chi connectivity index (χ3v) is 10.1. The van der Waals surface area contributed by atoms with Crippen molar-refractivity contribution in [1.29, 1.82) is 0 Å². The van der Waals surface area contributed by atoms with E-state index in [1.165, 1.54) is 77.0 Å². The zero-order chi connectivity index (χ0) is 41.5. The van der Waals surface area contributed by atoms with E-state index < -0.39 is 6.10 Å². The SMILES string of the molecule is CC/C=C\C/C=C\CCCCCCCC(=O)OC(COC(=O)CCCCCCC\C=C/C=C\C=C/CCCCCCC)COC(=O)CCCCCCCCCCC. The van der Waals surface area contributed by atoms with E-state index in [4.69, 9.17) is 14.2 Å². The minimum atomic E-state index is -0.785. The molecule has 0 bridgehead atoms. The van der Waals surface area contributed by atoms with E-state index >= 15 is 0 Å². The Morgan fingerprint density at radius 1 is 0.386 bits per heavy atom. The van der Waals surface area contributed by atoms with E-state index in [0.717, 1.165) is 109 Å². The summed E-state index contributed by atoms with van der Waals surface area (Å²) >= 11 is 0. The van der Waals surface area contributed by atoms with Gasteiger partial charge in [0.15, 0.2) is 6.10 Å². The Morgan fingerprint density at radius 2 is 0.754 bits per heavy atom. The lowest BCUT2D eigenvalue weighted by Crippen LogP contribution is -2.30. The normalized spacial score (nSPS) is 12.5. The number of allylic oxidation sites excluding steroid dienone is 10. The van der Waals surface area contributed by atoms with Crippen LogP contribution in [-0.2, 0) is 28.6 Å². The summed E-state index contributed by atoms with van der Waals surface area (Å²) in [5.41, 5.74) is 0. The van der Waals surface area contributed by atoms with Crippen molar-refractivity contribution in [2.75, 3.05) is 13.2 Å². The Labute approximate surface area is 351 Å². The van der Waals surface area contributed by atoms with Crippen LogP contribution in [0.25, 0.3) is 0 Å². The maximum atomic E-state index is 12.7. The van der Waals surface area contributed by atoms with Gasteiger partial charge in [-0.15, -0.1) is 0 Å². The topological polar surface area (TPSA) is 78.9 Å². The molecule has 6 heteroatoms. The van der Waals surface area contributed by atoms with E-state index in [1.807, 2.05) is 0 Å². The number of rotatable bonds is 42. The van der Waals surface area contributed by atoms with Gasteiger partial charge in [0.25, 0.3) is 0 Å². The molecule has 0 spiro atoms. The molecule has 0 aromatic carbocycles. The molecule has 0 aromatic rings. The number of carbonyl (C=O) groups excluding carboxylic acids is 3. The quantitative estimate of drug-likeness (QED) is 0.0201. The average Bonchev–Trinajstić information content (AvgIpc) is 3.21. The molecule has 0 saturated carbocycles. The summed E-state index contributed by atoms with van der Waals surface area (Å²) in [6.07, 6.45) is 54.9. The second-order valence-corrected chi connectivity index (χ2v) is 15.7. The third-order valence-electron chi connectivity index (χ3n) is 10.1. The van der Waals surface area contributed by atoms with Gasteiger partial charge < -0.3 is 14.2 Å². The van der Waals surface area contributed by atoms with Crippen molar-refractivity contribution >= 4 is 17.9 Å². The molecule has 6 nitrogen and oxygen atoms in total. The molecule has 1 unspecified atom stereocenters. The van der Waals surface area contributed by atoms with Gasteiger partial charge in [-0.05, 0) is 70.6 Å². The Bertz CT molecular complexity index is 1050. The Hall–Kier alpha value is -2.89. The molecule has 0 aromatic heterocycles. The molecule has 0 saturated heterocycles. The van der Waals surface area contributed by atoms with Crippen molar-refractivity contribution in [3.05, 3.63) is 60.8 Å². The van der Waals surface area contributed by atoms with Gasteiger partial charge >= 0.3 is 17.9 Å². The van der Waals surface area contributed by atoms with Crippen LogP contribution < -0.4 is 0 Å². The standard InChI is InChI=1S/C51H88O6/c1-4-7-10-13-16-19-21-23-24-25-26-27-28-30-32-35-38-41-44-50(53)56-47-48(46-55-49(52)43-40-37-34-31-18-15-12-9-6-3)57-51(54)45-42-39-36-33-29-22-20-17-14-11-8-5-2/h8,11,17,20-21,23-27,48H,4-7,9-10,12-16,18-19,22,28-47H2,1-3H3/b11-8-,20-17-,23-21-,25-24-,27-26-. The first-order chi connectivity index (χ1) is 28.0. The molecule has 0 amide bonds. The van der Waals surface area contributed by atoms with Crippen LogP contribution in [-0.4, -0.2) is 37.2 Å². The molecule has 1 atom stereocenters. The minimum absolute atomic E-state index is 0.0861. The highest BCUT2D eigenvalue weighted by Crippen LogP contribution is 2.13. The summed E-state index contributed by atoms with van der Waals surface area (Å²) in [5.74, 6) is -0.926. The number of ether oxygens (including phenoxy) is 3. The monoisotopic (exact) mass is 797 g/mol. The first-order valence-electron chi connectivity index (χ1n) is 23.8. The lowest BCUT2D eigenvalue weighted by Gasteiger charge is -2.18. The zero-order valence-corrected chi connectivity index (χ0v) is 37.3. The van der Waals surface area contributed by atoms with Crippen molar-refractivity contribution in [2.24, 2.45) is 0 Å². The van der Waals surface area contributed by atoms with Gasteiger partial charge in [0.2, 0.25) is 0 Å². The number of carbonyl (C=O) groups is 3. The highest BCUT2D eigenvalue weighted by atomic mass is 16.6. The van der Waals surface area contributed by atoms with Crippen LogP contribution in [0.2, 0.25) is 0 Å². The minimum Gasteiger partial charge on any atom is -0.462 e. The summed E-state index contributed by atoms with van der Waals surface area (Å²) in [4.78, 5) is 37.7. The number of esters is 3. The second-order valence-electron chi connectivity index (χ2n) is 15.7. The molecule has 328 valence electrons. The summed E-state index contributed by atoms with van der Waals surface area (Å²) in [5, 5.41) is 0. The van der Waals surface area contributed by atoms with Crippen LogP contribution >= 0.6 is 0 Å². The van der Waals surface area contributed by atoms with E-state index in [2.05, 4.69) is 81.5 Å². The second kappa shape index (κ2) is 45.8. The number of hydrogen-bond acceptors (Lipinski definition) is 6. The van der Waals surface area contributed by atoms with E-state index in [0.29, 0.717) is 19.3 Å². The molecule has 0 aliphatic carbocycles. The molecule has 0 fully saturated rings. The number of hydrogen-bond donors (Lipinski definition) is 0. The fraction of sp³-hybridized carbons (Fsp3) is 0.745. The van der Waals surface area contributed by atoms with Gasteiger partial charge in [0, 0.05) is 19.3 Å². The predicted molar refractivity (Wildman–Crippen MR) is 242 cm³/mol. The van der Waals surface area contributed by atoms with Crippen LogP contribution in [0, 0.1) is 0 Å².